The molecule has 0 fully saturated rings. The van der Waals surface area contributed by atoms with Crippen molar-refractivity contribution in [3.63, 3.8) is 0 Å². The summed E-state index contributed by atoms with van der Waals surface area (Å²) in [5.74, 6) is 0. The molecule has 5 aromatic carbocycles. The van der Waals surface area contributed by atoms with E-state index in [1.807, 2.05) is 61.1 Å². The number of benzene rings is 5. The van der Waals surface area contributed by atoms with Crippen LogP contribution in [0.3, 0.4) is 0 Å². The van der Waals surface area contributed by atoms with Crippen molar-refractivity contribution in [2.75, 3.05) is 0 Å². The average molecular weight is 851 g/mol. The summed E-state index contributed by atoms with van der Waals surface area (Å²) in [5.41, 5.74) is 14.2. The van der Waals surface area contributed by atoms with Crippen LogP contribution in [0.5, 0.6) is 0 Å². The Hall–Kier alpha value is -5.61. The van der Waals surface area contributed by atoms with Gasteiger partial charge in [0.05, 0.1) is 5.52 Å². The normalized spacial score (nSPS) is 10.9. The van der Waals surface area contributed by atoms with Gasteiger partial charge in [-0.15, -0.1) is 65.7 Å². The van der Waals surface area contributed by atoms with E-state index in [4.69, 9.17) is 4.98 Å². The molecule has 0 spiro atoms. The van der Waals surface area contributed by atoms with Gasteiger partial charge in [0.15, 0.2) is 0 Å². The van der Waals surface area contributed by atoms with Crippen molar-refractivity contribution in [1.29, 1.82) is 0 Å². The van der Waals surface area contributed by atoms with Gasteiger partial charge in [0.25, 0.3) is 0 Å². The van der Waals surface area contributed by atoms with Gasteiger partial charge in [-0.3, -0.25) is 0 Å². The van der Waals surface area contributed by atoms with Gasteiger partial charge in [-0.2, -0.15) is 0 Å². The number of hydrogen-bond donors (Lipinski definition) is 0. The number of fused-ring (bicyclic) bond motifs is 1. The van der Waals surface area contributed by atoms with Crippen LogP contribution < -0.4 is 0 Å². The minimum absolute atomic E-state index is 0. The molecule has 52 heavy (non-hydrogen) atoms. The largest absolute Gasteiger partial charge is 0.305 e. The van der Waals surface area contributed by atoms with Gasteiger partial charge < -0.3 is 9.97 Å². The maximum Gasteiger partial charge on any atom is 0.116 e. The molecule has 257 valence electrons. The summed E-state index contributed by atoms with van der Waals surface area (Å²) in [6, 6.07) is 52.3. The number of hydrogen-bond acceptors (Lipinski definition) is 4. The fourth-order valence-electron chi connectivity index (χ4n) is 6.19. The van der Waals surface area contributed by atoms with Crippen molar-refractivity contribution in [3.8, 4) is 55.9 Å². The summed E-state index contributed by atoms with van der Waals surface area (Å²) in [6.45, 7) is 8.72. The molecule has 4 nitrogen and oxygen atoms in total. The van der Waals surface area contributed by atoms with E-state index >= 15 is 0 Å². The second kappa shape index (κ2) is 16.2. The summed E-state index contributed by atoms with van der Waals surface area (Å²) in [5, 5.41) is 1.02. The van der Waals surface area contributed by atoms with Crippen LogP contribution in [0.4, 0.5) is 0 Å². The van der Waals surface area contributed by atoms with Crippen LogP contribution in [-0.2, 0) is 25.5 Å². The Kier molecular flexibility index (Phi) is 11.2. The number of aryl methyl sites for hydroxylation is 1. The summed E-state index contributed by atoms with van der Waals surface area (Å²) in [6.07, 6.45) is 7.26. The Bertz CT molecular complexity index is 2420. The summed E-state index contributed by atoms with van der Waals surface area (Å²) in [7, 11) is 0. The summed E-state index contributed by atoms with van der Waals surface area (Å²) < 4.78 is 0. The third-order valence-corrected chi connectivity index (χ3v) is 8.89. The van der Waals surface area contributed by atoms with Gasteiger partial charge in [-0.1, -0.05) is 111 Å². The van der Waals surface area contributed by atoms with Crippen LogP contribution in [0.1, 0.15) is 31.9 Å². The Morgan fingerprint density at radius 1 is 0.538 bits per heavy atom. The van der Waals surface area contributed by atoms with Gasteiger partial charge >= 0.3 is 0 Å². The summed E-state index contributed by atoms with van der Waals surface area (Å²) in [4.78, 5) is 18.1. The molecular weight excluding hydrogens is 813 g/mol. The first-order chi connectivity index (χ1) is 24.8. The van der Waals surface area contributed by atoms with Crippen molar-refractivity contribution in [2.45, 2.75) is 33.1 Å². The predicted octanol–water partition coefficient (Wildman–Crippen LogP) is 11.6. The van der Waals surface area contributed by atoms with Crippen LogP contribution in [0.15, 0.2) is 158 Å². The van der Waals surface area contributed by atoms with E-state index in [9.17, 15) is 0 Å². The molecule has 8 aromatic rings. The molecule has 0 bridgehead atoms. The molecule has 0 unspecified atom stereocenters. The van der Waals surface area contributed by atoms with Crippen molar-refractivity contribution in [2.24, 2.45) is 0 Å². The topological polar surface area (TPSA) is 51.6 Å². The van der Waals surface area contributed by atoms with Crippen LogP contribution >= 0.6 is 0 Å². The zero-order chi connectivity index (χ0) is 35.2. The molecule has 5 heteroatoms. The first kappa shape index (κ1) is 36.2. The van der Waals surface area contributed by atoms with Crippen molar-refractivity contribution in [1.82, 2.24) is 19.9 Å². The number of pyridine rings is 2. The molecule has 0 aliphatic heterocycles. The molecule has 0 aliphatic rings. The maximum atomic E-state index is 4.76. The minimum Gasteiger partial charge on any atom is -0.305 e. The number of nitrogens with zero attached hydrogens (tertiary/aromatic N) is 4. The first-order valence-corrected chi connectivity index (χ1v) is 17.1. The Labute approximate surface area is 320 Å². The van der Waals surface area contributed by atoms with E-state index < -0.39 is 0 Å². The molecule has 0 atom stereocenters. The first-order valence-electron chi connectivity index (χ1n) is 17.1. The maximum absolute atomic E-state index is 4.76. The molecule has 3 heterocycles. The standard InChI is InChI=1S/C35H28N3.C12H10N.Ir/c1-35(2,3)27-18-19-37-33(21-27)26-13-9-12-25(20-26)29-16-17-31(32-22-36-23-38-34(29)32)30-15-8-7-14-28(30)24-10-5-4-6-11-24;1-10-7-8-13-12(9-10)11-5-3-2-4-6-11;/h4-12,14-23H,1-3H3;2-5,7-9H,1H3;/q2*-1;. The van der Waals surface area contributed by atoms with E-state index in [-0.39, 0.29) is 25.5 Å². The molecule has 0 N–H and O–H groups in total. The third-order valence-electron chi connectivity index (χ3n) is 8.89. The van der Waals surface area contributed by atoms with E-state index in [2.05, 4.69) is 146 Å². The summed E-state index contributed by atoms with van der Waals surface area (Å²) >= 11 is 0. The zero-order valence-corrected chi connectivity index (χ0v) is 32.0. The molecule has 3 aromatic heterocycles. The second-order valence-corrected chi connectivity index (χ2v) is 13.5. The van der Waals surface area contributed by atoms with Crippen molar-refractivity contribution < 1.29 is 20.1 Å². The third kappa shape index (κ3) is 8.13. The van der Waals surface area contributed by atoms with Gasteiger partial charge in [-0.25, -0.2) is 9.97 Å². The molecular formula is C47H38IrN4-2. The van der Waals surface area contributed by atoms with E-state index in [1.54, 1.807) is 6.33 Å². The molecule has 0 amide bonds. The SMILES string of the molecule is CC(C)(C)c1ccnc(-c2[c-]ccc(-c3ccc(-c4ccccc4-c4ccccc4)c4cncnc34)c2)c1.Cc1ccnc(-c2[c-]cccc2)c1.[Ir]. The van der Waals surface area contributed by atoms with E-state index in [1.165, 1.54) is 22.3 Å². The zero-order valence-electron chi connectivity index (χ0n) is 29.6. The quantitative estimate of drug-likeness (QED) is 0.162. The van der Waals surface area contributed by atoms with E-state index in [0.717, 1.165) is 55.7 Å². The fourth-order valence-corrected chi connectivity index (χ4v) is 6.19. The molecule has 0 aliphatic carbocycles. The molecule has 1 radical (unpaired) electrons. The van der Waals surface area contributed by atoms with Crippen LogP contribution in [0.2, 0.25) is 0 Å². The van der Waals surface area contributed by atoms with Gasteiger partial charge in [0.1, 0.15) is 6.33 Å². The molecule has 0 saturated heterocycles. The van der Waals surface area contributed by atoms with Gasteiger partial charge in [0, 0.05) is 44.1 Å². The van der Waals surface area contributed by atoms with E-state index in [0.29, 0.717) is 0 Å². The van der Waals surface area contributed by atoms with Crippen molar-refractivity contribution >= 4 is 10.9 Å². The Morgan fingerprint density at radius 2 is 1.23 bits per heavy atom. The van der Waals surface area contributed by atoms with Crippen LogP contribution in [0, 0.1) is 19.1 Å². The molecule has 0 saturated carbocycles. The van der Waals surface area contributed by atoms with Crippen LogP contribution in [-0.4, -0.2) is 19.9 Å². The second-order valence-electron chi connectivity index (χ2n) is 13.5. The number of aromatic nitrogens is 4. The van der Waals surface area contributed by atoms with Crippen LogP contribution in [0.25, 0.3) is 66.8 Å². The smallest absolute Gasteiger partial charge is 0.116 e. The monoisotopic (exact) mass is 851 g/mol. The van der Waals surface area contributed by atoms with Gasteiger partial charge in [-0.05, 0) is 69.2 Å². The predicted molar refractivity (Wildman–Crippen MR) is 210 cm³/mol. The Morgan fingerprint density at radius 3 is 1.98 bits per heavy atom. The molecule has 8 rings (SSSR count). The average Bonchev–Trinajstić information content (AvgIpc) is 3.18. The fraction of sp³-hybridized carbons (Fsp3) is 0.106. The van der Waals surface area contributed by atoms with Gasteiger partial charge in [0.2, 0.25) is 0 Å². The minimum atomic E-state index is 0. The Balaban J connectivity index is 0.000000279. The number of rotatable bonds is 5. The van der Waals surface area contributed by atoms with Crippen molar-refractivity contribution in [3.05, 3.63) is 182 Å².